The molecule has 28 heavy (non-hydrogen) atoms. The Morgan fingerprint density at radius 2 is 2.11 bits per heavy atom. The second kappa shape index (κ2) is 9.13. The molecule has 0 atom stereocenters. The lowest BCUT2D eigenvalue weighted by Gasteiger charge is -2.25. The Bertz CT molecular complexity index is 950. The summed E-state index contributed by atoms with van der Waals surface area (Å²) >= 11 is 1.44. The summed E-state index contributed by atoms with van der Waals surface area (Å²) in [6.07, 6.45) is 4.51. The van der Waals surface area contributed by atoms with Crippen molar-refractivity contribution in [3.05, 3.63) is 43.8 Å². The molecule has 8 heteroatoms. The van der Waals surface area contributed by atoms with Gasteiger partial charge >= 0.3 is 0 Å². The zero-order valence-corrected chi connectivity index (χ0v) is 17.1. The third kappa shape index (κ3) is 4.86. The Balaban J connectivity index is 1.57. The van der Waals surface area contributed by atoms with E-state index in [1.54, 1.807) is 13.8 Å². The molecular formula is C20H25N5O2S. The number of hydrogen-bond donors (Lipinski definition) is 2. The van der Waals surface area contributed by atoms with Crippen LogP contribution in [0.4, 0.5) is 5.13 Å². The van der Waals surface area contributed by atoms with E-state index in [1.165, 1.54) is 30.6 Å². The largest absolute Gasteiger partial charge is 0.325 e. The van der Waals surface area contributed by atoms with Crippen molar-refractivity contribution < 1.29 is 4.79 Å². The Morgan fingerprint density at radius 1 is 1.36 bits per heavy atom. The SMILES string of the molecule is Cc1[nH]c(=O)c(C#N)c(C)c1CCC(=O)Nc1nc(CN2CCCCC2)cs1. The zero-order chi connectivity index (χ0) is 20.1. The molecule has 3 heterocycles. The van der Waals surface area contributed by atoms with Crippen molar-refractivity contribution in [1.29, 1.82) is 5.26 Å². The number of carbonyl (C=O) groups excluding carboxylic acids is 1. The van der Waals surface area contributed by atoms with Gasteiger partial charge in [0.2, 0.25) is 5.91 Å². The van der Waals surface area contributed by atoms with E-state index in [0.29, 0.717) is 22.8 Å². The fourth-order valence-corrected chi connectivity index (χ4v) is 4.34. The summed E-state index contributed by atoms with van der Waals surface area (Å²) in [5.41, 5.74) is 2.92. The Kier molecular flexibility index (Phi) is 6.60. The van der Waals surface area contributed by atoms with Crippen LogP contribution in [0.25, 0.3) is 0 Å². The Morgan fingerprint density at radius 3 is 2.82 bits per heavy atom. The normalized spacial score (nSPS) is 14.6. The number of nitrogens with one attached hydrogen (secondary N) is 2. The van der Waals surface area contributed by atoms with Crippen LogP contribution in [-0.4, -0.2) is 33.9 Å². The van der Waals surface area contributed by atoms with Gasteiger partial charge in [0.1, 0.15) is 11.6 Å². The number of aromatic nitrogens is 2. The summed E-state index contributed by atoms with van der Waals surface area (Å²) in [5.74, 6) is -0.123. The van der Waals surface area contributed by atoms with Crippen molar-refractivity contribution in [3.63, 3.8) is 0 Å². The fraction of sp³-hybridized carbons (Fsp3) is 0.500. The first-order chi connectivity index (χ1) is 13.5. The number of piperidine rings is 1. The number of carbonyl (C=O) groups is 1. The molecular weight excluding hydrogens is 374 g/mol. The van der Waals surface area contributed by atoms with Crippen LogP contribution in [0, 0.1) is 25.2 Å². The van der Waals surface area contributed by atoms with E-state index in [-0.39, 0.29) is 23.5 Å². The summed E-state index contributed by atoms with van der Waals surface area (Å²) in [5, 5.41) is 14.6. The molecule has 2 aromatic heterocycles. The highest BCUT2D eigenvalue weighted by Gasteiger charge is 2.15. The second-order valence-corrected chi connectivity index (χ2v) is 8.06. The first-order valence-corrected chi connectivity index (χ1v) is 10.4. The summed E-state index contributed by atoms with van der Waals surface area (Å²) in [7, 11) is 0. The second-order valence-electron chi connectivity index (χ2n) is 7.20. The highest BCUT2D eigenvalue weighted by Crippen LogP contribution is 2.20. The molecule has 0 aromatic carbocycles. The molecule has 2 aromatic rings. The number of pyridine rings is 1. The molecule has 1 aliphatic rings. The van der Waals surface area contributed by atoms with Crippen molar-refractivity contribution in [2.45, 2.75) is 52.5 Å². The van der Waals surface area contributed by atoms with Gasteiger partial charge in [-0.25, -0.2) is 4.98 Å². The predicted octanol–water partition coefficient (Wildman–Crippen LogP) is 2.88. The van der Waals surface area contributed by atoms with Gasteiger partial charge in [-0.15, -0.1) is 11.3 Å². The van der Waals surface area contributed by atoms with Crippen molar-refractivity contribution >= 4 is 22.4 Å². The number of amides is 1. The first-order valence-electron chi connectivity index (χ1n) is 9.57. The molecule has 1 amide bonds. The lowest BCUT2D eigenvalue weighted by atomic mass is 9.99. The molecule has 1 aliphatic heterocycles. The Hall–Kier alpha value is -2.50. The number of nitriles is 1. The number of rotatable bonds is 6. The summed E-state index contributed by atoms with van der Waals surface area (Å²) < 4.78 is 0. The number of H-pyrrole nitrogens is 1. The van der Waals surface area contributed by atoms with Crippen molar-refractivity contribution in [1.82, 2.24) is 14.9 Å². The third-order valence-electron chi connectivity index (χ3n) is 5.15. The van der Waals surface area contributed by atoms with Crippen LogP contribution < -0.4 is 10.9 Å². The third-order valence-corrected chi connectivity index (χ3v) is 5.96. The van der Waals surface area contributed by atoms with Gasteiger partial charge in [-0.2, -0.15) is 5.26 Å². The van der Waals surface area contributed by atoms with Gasteiger partial charge in [-0.05, 0) is 57.3 Å². The van der Waals surface area contributed by atoms with Crippen molar-refractivity contribution in [2.75, 3.05) is 18.4 Å². The van der Waals surface area contributed by atoms with E-state index in [0.717, 1.165) is 30.9 Å². The molecule has 2 N–H and O–H groups in total. The monoisotopic (exact) mass is 399 g/mol. The molecule has 0 spiro atoms. The minimum atomic E-state index is -0.380. The van der Waals surface area contributed by atoms with Gasteiger partial charge in [0.15, 0.2) is 5.13 Å². The highest BCUT2D eigenvalue weighted by atomic mass is 32.1. The first kappa shape index (κ1) is 20.2. The van der Waals surface area contributed by atoms with Gasteiger partial charge in [-0.3, -0.25) is 14.5 Å². The van der Waals surface area contributed by atoms with Crippen molar-refractivity contribution in [2.24, 2.45) is 0 Å². The summed E-state index contributed by atoms with van der Waals surface area (Å²) in [4.78, 5) is 33.8. The number of anilines is 1. The molecule has 1 fully saturated rings. The van der Waals surface area contributed by atoms with E-state index >= 15 is 0 Å². The molecule has 1 saturated heterocycles. The number of hydrogen-bond acceptors (Lipinski definition) is 6. The van der Waals surface area contributed by atoms with E-state index in [2.05, 4.69) is 20.2 Å². The van der Waals surface area contributed by atoms with Gasteiger partial charge < -0.3 is 10.3 Å². The number of nitrogens with zero attached hydrogens (tertiary/aromatic N) is 3. The van der Waals surface area contributed by atoms with Crippen LogP contribution in [0.5, 0.6) is 0 Å². The molecule has 0 saturated carbocycles. The zero-order valence-electron chi connectivity index (χ0n) is 16.3. The molecule has 7 nitrogen and oxygen atoms in total. The Labute approximate surface area is 168 Å². The summed E-state index contributed by atoms with van der Waals surface area (Å²) in [6, 6.07) is 1.94. The number of likely N-dealkylation sites (tertiary alicyclic amines) is 1. The van der Waals surface area contributed by atoms with Crippen LogP contribution >= 0.6 is 11.3 Å². The van der Waals surface area contributed by atoms with Crippen LogP contribution in [0.15, 0.2) is 10.2 Å². The molecule has 148 valence electrons. The van der Waals surface area contributed by atoms with Gasteiger partial charge in [0.25, 0.3) is 5.56 Å². The highest BCUT2D eigenvalue weighted by molar-refractivity contribution is 7.13. The molecule has 3 rings (SSSR count). The van der Waals surface area contributed by atoms with E-state index in [9.17, 15) is 9.59 Å². The van der Waals surface area contributed by atoms with Crippen molar-refractivity contribution in [3.8, 4) is 6.07 Å². The maximum absolute atomic E-state index is 12.3. The van der Waals surface area contributed by atoms with Gasteiger partial charge in [-0.1, -0.05) is 6.42 Å². The predicted molar refractivity (Wildman–Crippen MR) is 109 cm³/mol. The number of thiazole rings is 1. The van der Waals surface area contributed by atoms with Gasteiger partial charge in [0.05, 0.1) is 5.69 Å². The average molecular weight is 400 g/mol. The lowest BCUT2D eigenvalue weighted by molar-refractivity contribution is -0.116. The smallest absolute Gasteiger partial charge is 0.266 e. The number of aryl methyl sites for hydroxylation is 1. The van der Waals surface area contributed by atoms with Crippen LogP contribution in [0.1, 0.15) is 53.8 Å². The van der Waals surface area contributed by atoms with Crippen LogP contribution in [0.2, 0.25) is 0 Å². The van der Waals surface area contributed by atoms with Crippen LogP contribution in [-0.2, 0) is 17.8 Å². The lowest BCUT2D eigenvalue weighted by Crippen LogP contribution is -2.29. The quantitative estimate of drug-likeness (QED) is 0.778. The number of aromatic amines is 1. The topological polar surface area (TPSA) is 102 Å². The van der Waals surface area contributed by atoms with E-state index < -0.39 is 0 Å². The molecule has 0 aliphatic carbocycles. The standard InChI is InChI=1S/C20H25N5O2S/c1-13-16(14(2)22-19(27)17(13)10-21)6-7-18(26)24-20-23-15(12-28-20)11-25-8-4-3-5-9-25/h12H,3-9,11H2,1-2H3,(H,22,27)(H,23,24,26). The van der Waals surface area contributed by atoms with E-state index in [1.807, 2.05) is 11.4 Å². The fourth-order valence-electron chi connectivity index (χ4n) is 3.62. The maximum atomic E-state index is 12.3. The average Bonchev–Trinajstić information content (AvgIpc) is 3.09. The minimum absolute atomic E-state index is 0.114. The molecule has 0 radical (unpaired) electrons. The molecule has 0 unspecified atom stereocenters. The minimum Gasteiger partial charge on any atom is -0.325 e. The van der Waals surface area contributed by atoms with E-state index in [4.69, 9.17) is 5.26 Å². The van der Waals surface area contributed by atoms with Crippen LogP contribution in [0.3, 0.4) is 0 Å². The summed E-state index contributed by atoms with van der Waals surface area (Å²) in [6.45, 7) is 6.60. The van der Waals surface area contributed by atoms with Gasteiger partial charge in [0, 0.05) is 24.0 Å². The maximum Gasteiger partial charge on any atom is 0.266 e. The molecule has 0 bridgehead atoms.